The summed E-state index contributed by atoms with van der Waals surface area (Å²) in [5.41, 5.74) is 0. The summed E-state index contributed by atoms with van der Waals surface area (Å²) in [4.78, 5) is 16.3. The Morgan fingerprint density at radius 1 is 1.46 bits per heavy atom. The van der Waals surface area contributed by atoms with Gasteiger partial charge in [0, 0.05) is 0 Å². The van der Waals surface area contributed by atoms with Gasteiger partial charge in [-0.05, 0) is 11.2 Å². The van der Waals surface area contributed by atoms with Crippen LogP contribution in [0.25, 0.3) is 0 Å². The zero-order chi connectivity index (χ0) is 10.4. The van der Waals surface area contributed by atoms with Gasteiger partial charge in [0.1, 0.15) is 6.54 Å². The van der Waals surface area contributed by atoms with Crippen LogP contribution in [-0.4, -0.2) is 86.5 Å². The van der Waals surface area contributed by atoms with Crippen LogP contribution in [0.1, 0.15) is 0 Å². The predicted molar refractivity (Wildman–Crippen MR) is 54.2 cm³/mol. The first-order valence-electron chi connectivity index (χ1n) is 3.21. The molecule has 8 heteroatoms. The molecule has 0 spiro atoms. The molecule has 1 unspecified atom stereocenters. The molecule has 0 aromatic rings. The minimum absolute atomic E-state index is 0. The van der Waals surface area contributed by atoms with Gasteiger partial charge in [0.15, 0.2) is 0 Å². The van der Waals surface area contributed by atoms with Crippen molar-refractivity contribution < 1.29 is 23.9 Å². The van der Waals surface area contributed by atoms with Gasteiger partial charge in [-0.2, -0.15) is 0 Å². The molecule has 5 nitrogen and oxygen atoms in total. The molecule has 0 aromatic heterocycles. The number of quaternary nitrogens is 1. The Bertz CT molecular complexity index is 149. The van der Waals surface area contributed by atoms with Crippen molar-refractivity contribution in [2.24, 2.45) is 0 Å². The van der Waals surface area contributed by atoms with E-state index in [4.69, 9.17) is 19.5 Å². The van der Waals surface area contributed by atoms with Crippen molar-refractivity contribution in [3.8, 4) is 0 Å². The van der Waals surface area contributed by atoms with Crippen LogP contribution in [0.3, 0.4) is 0 Å². The zero-order valence-corrected chi connectivity index (χ0v) is 9.05. The molecule has 0 aliphatic carbocycles. The van der Waals surface area contributed by atoms with Crippen LogP contribution in [0.4, 0.5) is 0 Å². The fraction of sp³-hybridized carbons (Fsp3) is 1.00. The van der Waals surface area contributed by atoms with Crippen molar-refractivity contribution in [3.63, 3.8) is 0 Å². The Balaban J connectivity index is -0.000000150. The molecule has 0 rings (SSSR count). The number of hydrogen-bond donors (Lipinski definition) is 2. The van der Waals surface area contributed by atoms with Crippen LogP contribution < -0.4 is 4.89 Å². The SMILES string of the molecule is C[N+](C)(C)CCO.O=P([O-])(O)Cl.[CaH2]. The first-order valence-corrected chi connectivity index (χ1v) is 5.69. The van der Waals surface area contributed by atoms with E-state index in [1.165, 1.54) is 0 Å². The zero-order valence-electron chi connectivity index (χ0n) is 7.40. The summed E-state index contributed by atoms with van der Waals surface area (Å²) in [5.74, 6) is 0. The number of rotatable bonds is 2. The first-order chi connectivity index (χ1) is 5.06. The van der Waals surface area contributed by atoms with Gasteiger partial charge in [-0.1, -0.05) is 0 Å². The third-order valence-corrected chi connectivity index (χ3v) is 0.771. The average molecular weight is 262 g/mol. The number of hydrogen-bond acceptors (Lipinski definition) is 3. The fourth-order valence-corrected chi connectivity index (χ4v) is 0.300. The molecule has 0 aliphatic rings. The quantitative estimate of drug-likeness (QED) is 0.359. The van der Waals surface area contributed by atoms with E-state index in [1.807, 2.05) is 0 Å². The standard InChI is InChI=1S/C5H14NO.Ca.ClH2O3P.2H/c1-6(2,3)4-5-7;;1-5(2,3)4;;/h7H,4-5H2,1-3H3;;(H2,2,3,4);;/q+1;;;;/p-1. The van der Waals surface area contributed by atoms with E-state index in [-0.39, 0.29) is 44.3 Å². The molecule has 80 valence electrons. The Kier molecular flexibility index (Phi) is 13.7. The van der Waals surface area contributed by atoms with Gasteiger partial charge in [-0.15, -0.1) is 0 Å². The summed E-state index contributed by atoms with van der Waals surface area (Å²) in [6.45, 7) is -3.30. The topological polar surface area (TPSA) is 80.6 Å². The number of aliphatic hydroxyl groups is 1. The molecule has 13 heavy (non-hydrogen) atoms. The molecule has 0 saturated carbocycles. The first kappa shape index (κ1) is 20.1. The maximum absolute atomic E-state index is 8.98. The summed E-state index contributed by atoms with van der Waals surface area (Å²) in [7, 11) is 6.16. The van der Waals surface area contributed by atoms with Crippen molar-refractivity contribution in [1.29, 1.82) is 0 Å². The van der Waals surface area contributed by atoms with Crippen LogP contribution >= 0.6 is 18.2 Å². The summed E-state index contributed by atoms with van der Waals surface area (Å²) in [6, 6.07) is 0. The minimum atomic E-state index is -4.42. The predicted octanol–water partition coefficient (Wildman–Crippen LogP) is -1.55. The summed E-state index contributed by atoms with van der Waals surface area (Å²) in [5, 5.41) is 8.39. The molecular formula is C5H17CaClNO4P. The van der Waals surface area contributed by atoms with Crippen LogP contribution in [0.15, 0.2) is 0 Å². The second-order valence-corrected chi connectivity index (χ2v) is 5.37. The van der Waals surface area contributed by atoms with Crippen molar-refractivity contribution in [2.75, 3.05) is 34.3 Å². The second-order valence-electron chi connectivity index (χ2n) is 3.19. The third kappa shape index (κ3) is 58.2. The monoisotopic (exact) mass is 261 g/mol. The van der Waals surface area contributed by atoms with Gasteiger partial charge in [0.2, 0.25) is 6.95 Å². The summed E-state index contributed by atoms with van der Waals surface area (Å²) >= 11 is 4.09. The van der Waals surface area contributed by atoms with Crippen molar-refractivity contribution in [2.45, 2.75) is 0 Å². The molecule has 0 fully saturated rings. The summed E-state index contributed by atoms with van der Waals surface area (Å²) in [6.07, 6.45) is 0. The molecule has 0 aliphatic heterocycles. The van der Waals surface area contributed by atoms with Crippen molar-refractivity contribution in [1.82, 2.24) is 0 Å². The Morgan fingerprint density at radius 3 is 1.69 bits per heavy atom. The van der Waals surface area contributed by atoms with Crippen LogP contribution in [0.5, 0.6) is 0 Å². The average Bonchev–Trinajstić information content (AvgIpc) is 1.54. The number of likely N-dealkylation sites (N-methyl/N-ethyl adjacent to an activating group) is 1. The third-order valence-electron chi connectivity index (χ3n) is 0.771. The van der Waals surface area contributed by atoms with E-state index in [0.717, 1.165) is 11.0 Å². The van der Waals surface area contributed by atoms with Crippen LogP contribution in [0, 0.1) is 0 Å². The van der Waals surface area contributed by atoms with Gasteiger partial charge >= 0.3 is 37.7 Å². The molecule has 0 bridgehead atoms. The molecule has 0 aromatic carbocycles. The van der Waals surface area contributed by atoms with E-state index in [9.17, 15) is 0 Å². The molecule has 0 saturated heterocycles. The molecule has 1 atom stereocenters. The van der Waals surface area contributed by atoms with E-state index in [0.29, 0.717) is 0 Å². The van der Waals surface area contributed by atoms with Gasteiger partial charge < -0.3 is 19.4 Å². The van der Waals surface area contributed by atoms with Crippen LogP contribution in [0.2, 0.25) is 0 Å². The van der Waals surface area contributed by atoms with E-state index in [2.05, 4.69) is 32.4 Å². The maximum atomic E-state index is 8.98. The molecule has 2 N–H and O–H groups in total. The Morgan fingerprint density at radius 2 is 1.69 bits per heavy atom. The van der Waals surface area contributed by atoms with E-state index < -0.39 is 6.95 Å². The number of aliphatic hydroxyl groups excluding tert-OH is 1. The normalized spacial score (nSPS) is 14.7. The number of nitrogens with zero attached hydrogens (tertiary/aromatic N) is 1. The van der Waals surface area contributed by atoms with Gasteiger partial charge in [0.05, 0.1) is 27.7 Å². The van der Waals surface area contributed by atoms with Crippen molar-refractivity contribution >= 4 is 55.9 Å². The molecule has 0 heterocycles. The Labute approximate surface area is 113 Å². The molecular weight excluding hydrogens is 245 g/mol. The molecule has 0 radical (unpaired) electrons. The number of halogens is 1. The van der Waals surface area contributed by atoms with Crippen LogP contribution in [-0.2, 0) is 4.57 Å². The summed E-state index contributed by atoms with van der Waals surface area (Å²) < 4.78 is 9.82. The van der Waals surface area contributed by atoms with Gasteiger partial charge in [-0.3, -0.25) is 4.57 Å². The Hall–Kier alpha value is 1.62. The van der Waals surface area contributed by atoms with E-state index >= 15 is 0 Å². The molecule has 0 amide bonds. The van der Waals surface area contributed by atoms with Crippen molar-refractivity contribution in [3.05, 3.63) is 0 Å². The van der Waals surface area contributed by atoms with E-state index in [1.54, 1.807) is 0 Å². The second kappa shape index (κ2) is 8.89. The van der Waals surface area contributed by atoms with Gasteiger partial charge in [0.25, 0.3) is 0 Å². The fourth-order valence-electron chi connectivity index (χ4n) is 0.300. The van der Waals surface area contributed by atoms with Gasteiger partial charge in [-0.25, -0.2) is 0 Å².